The monoisotopic (exact) mass is 302 g/mol. The standard InChI is InChI=1S/C14H22O7/c1-13(2)17-6-7(19-13)8-9-10(21-14(3,4)20-9)11(18-8)12(15)16-5/h7-11H,6H2,1-5H3/t7-,8+,9-,10-,11-/m0/s1. The van der Waals surface area contributed by atoms with Crippen LogP contribution in [-0.4, -0.2) is 61.8 Å². The molecule has 0 amide bonds. The Bertz CT molecular complexity index is 433. The van der Waals surface area contributed by atoms with Crippen LogP contribution >= 0.6 is 0 Å². The van der Waals surface area contributed by atoms with Crippen LogP contribution < -0.4 is 0 Å². The Kier molecular flexibility index (Phi) is 3.53. The zero-order valence-electron chi connectivity index (χ0n) is 13.0. The van der Waals surface area contributed by atoms with Gasteiger partial charge in [0.1, 0.15) is 24.4 Å². The highest BCUT2D eigenvalue weighted by molar-refractivity contribution is 5.76. The van der Waals surface area contributed by atoms with E-state index < -0.39 is 35.9 Å². The molecule has 3 rings (SSSR count). The normalized spacial score (nSPS) is 43.8. The summed E-state index contributed by atoms with van der Waals surface area (Å²) in [5, 5.41) is 0. The maximum Gasteiger partial charge on any atom is 0.337 e. The lowest BCUT2D eigenvalue weighted by Gasteiger charge is -2.26. The van der Waals surface area contributed by atoms with Gasteiger partial charge in [-0.25, -0.2) is 4.79 Å². The minimum atomic E-state index is -0.806. The zero-order chi connectivity index (χ0) is 15.4. The maximum atomic E-state index is 11.9. The number of carbonyl (C=O) groups is 1. The smallest absolute Gasteiger partial charge is 0.337 e. The van der Waals surface area contributed by atoms with E-state index in [4.69, 9.17) is 28.4 Å². The Morgan fingerprint density at radius 3 is 2.24 bits per heavy atom. The highest BCUT2D eigenvalue weighted by atomic mass is 16.8. The highest BCUT2D eigenvalue weighted by Gasteiger charge is 2.61. The molecule has 0 unspecified atom stereocenters. The molecule has 120 valence electrons. The molecule has 0 aromatic heterocycles. The largest absolute Gasteiger partial charge is 0.467 e. The van der Waals surface area contributed by atoms with Gasteiger partial charge in [-0.3, -0.25) is 0 Å². The fourth-order valence-corrected chi connectivity index (χ4v) is 3.11. The molecule has 0 bridgehead atoms. The van der Waals surface area contributed by atoms with Gasteiger partial charge in [-0.15, -0.1) is 0 Å². The summed E-state index contributed by atoms with van der Waals surface area (Å²) < 4.78 is 33.7. The summed E-state index contributed by atoms with van der Waals surface area (Å²) in [6, 6.07) is 0. The van der Waals surface area contributed by atoms with Crippen LogP contribution in [0.2, 0.25) is 0 Å². The quantitative estimate of drug-likeness (QED) is 0.692. The fourth-order valence-electron chi connectivity index (χ4n) is 3.11. The van der Waals surface area contributed by atoms with Crippen molar-refractivity contribution in [3.63, 3.8) is 0 Å². The van der Waals surface area contributed by atoms with E-state index in [0.29, 0.717) is 6.61 Å². The Balaban J connectivity index is 1.80. The zero-order valence-corrected chi connectivity index (χ0v) is 13.0. The van der Waals surface area contributed by atoms with Crippen LogP contribution in [-0.2, 0) is 33.2 Å². The van der Waals surface area contributed by atoms with Crippen LogP contribution in [0.3, 0.4) is 0 Å². The fraction of sp³-hybridized carbons (Fsp3) is 0.929. The van der Waals surface area contributed by atoms with Crippen LogP contribution in [0.1, 0.15) is 27.7 Å². The van der Waals surface area contributed by atoms with E-state index in [-0.39, 0.29) is 12.2 Å². The number of esters is 1. The van der Waals surface area contributed by atoms with Gasteiger partial charge in [-0.05, 0) is 27.7 Å². The molecule has 5 atom stereocenters. The Hall–Kier alpha value is -0.730. The molecule has 0 saturated carbocycles. The lowest BCUT2D eigenvalue weighted by atomic mass is 10.0. The van der Waals surface area contributed by atoms with E-state index in [9.17, 15) is 4.79 Å². The Morgan fingerprint density at radius 2 is 1.67 bits per heavy atom. The van der Waals surface area contributed by atoms with Crippen molar-refractivity contribution in [2.75, 3.05) is 13.7 Å². The molecule has 0 aliphatic carbocycles. The summed E-state index contributed by atoms with van der Waals surface area (Å²) >= 11 is 0. The second kappa shape index (κ2) is 4.89. The first-order valence-electron chi connectivity index (χ1n) is 7.13. The van der Waals surface area contributed by atoms with Crippen LogP contribution in [0, 0.1) is 0 Å². The molecule has 3 saturated heterocycles. The van der Waals surface area contributed by atoms with Gasteiger partial charge in [0.2, 0.25) is 0 Å². The van der Waals surface area contributed by atoms with E-state index >= 15 is 0 Å². The van der Waals surface area contributed by atoms with Crippen LogP contribution in [0.5, 0.6) is 0 Å². The molecule has 0 aromatic rings. The molecule has 7 heteroatoms. The van der Waals surface area contributed by atoms with Crippen LogP contribution in [0.4, 0.5) is 0 Å². The Labute approximate surface area is 123 Å². The van der Waals surface area contributed by atoms with E-state index in [1.54, 1.807) is 0 Å². The average molecular weight is 302 g/mol. The predicted molar refractivity (Wildman–Crippen MR) is 69.4 cm³/mol. The first-order chi connectivity index (χ1) is 9.72. The summed E-state index contributed by atoms with van der Waals surface area (Å²) in [4.78, 5) is 11.9. The number of fused-ring (bicyclic) bond motifs is 1. The van der Waals surface area contributed by atoms with Crippen LogP contribution in [0.15, 0.2) is 0 Å². The lowest BCUT2D eigenvalue weighted by molar-refractivity contribution is -0.210. The van der Waals surface area contributed by atoms with Crippen molar-refractivity contribution in [2.24, 2.45) is 0 Å². The molecule has 0 N–H and O–H groups in total. The second-order valence-electron chi connectivity index (χ2n) is 6.48. The summed E-state index contributed by atoms with van der Waals surface area (Å²) in [5.41, 5.74) is 0. The molecular weight excluding hydrogens is 280 g/mol. The van der Waals surface area contributed by atoms with Crippen molar-refractivity contribution in [2.45, 2.75) is 69.8 Å². The molecule has 0 radical (unpaired) electrons. The molecule has 3 aliphatic heterocycles. The third-order valence-corrected chi connectivity index (χ3v) is 3.92. The summed E-state index contributed by atoms with van der Waals surface area (Å²) in [5.74, 6) is -1.90. The third kappa shape index (κ3) is 2.68. The van der Waals surface area contributed by atoms with Gasteiger partial charge in [0, 0.05) is 0 Å². The van der Waals surface area contributed by atoms with Crippen LogP contribution in [0.25, 0.3) is 0 Å². The van der Waals surface area contributed by atoms with Crippen molar-refractivity contribution in [3.8, 4) is 0 Å². The van der Waals surface area contributed by atoms with Crippen molar-refractivity contribution in [1.29, 1.82) is 0 Å². The molecule has 0 aromatic carbocycles. The summed E-state index contributed by atoms with van der Waals surface area (Å²) in [6.07, 6.45) is -2.42. The van der Waals surface area contributed by atoms with Crippen molar-refractivity contribution in [3.05, 3.63) is 0 Å². The SMILES string of the molecule is COC(=O)[C@H]1O[C@H]([C@@H]2COC(C)(C)O2)[C@@H]2OC(C)(C)O[C@@H]21. The van der Waals surface area contributed by atoms with E-state index in [1.807, 2.05) is 27.7 Å². The molecule has 3 heterocycles. The van der Waals surface area contributed by atoms with E-state index in [1.165, 1.54) is 7.11 Å². The second-order valence-corrected chi connectivity index (χ2v) is 6.48. The number of methoxy groups -OCH3 is 1. The predicted octanol–water partition coefficient (Wildman–Crippen LogP) is 0.598. The van der Waals surface area contributed by atoms with Crippen molar-refractivity contribution < 1.29 is 33.2 Å². The van der Waals surface area contributed by atoms with Crippen molar-refractivity contribution >= 4 is 5.97 Å². The average Bonchev–Trinajstić information content (AvgIpc) is 2.98. The van der Waals surface area contributed by atoms with Gasteiger partial charge < -0.3 is 28.4 Å². The number of carbonyl (C=O) groups excluding carboxylic acids is 1. The van der Waals surface area contributed by atoms with Gasteiger partial charge in [0.25, 0.3) is 0 Å². The molecule has 7 nitrogen and oxygen atoms in total. The van der Waals surface area contributed by atoms with Gasteiger partial charge >= 0.3 is 5.97 Å². The number of hydrogen-bond donors (Lipinski definition) is 0. The minimum absolute atomic E-state index is 0.306. The lowest BCUT2D eigenvalue weighted by Crippen LogP contribution is -2.40. The van der Waals surface area contributed by atoms with Gasteiger partial charge in [-0.2, -0.15) is 0 Å². The summed E-state index contributed by atoms with van der Waals surface area (Å²) in [7, 11) is 1.33. The number of ether oxygens (including phenoxy) is 6. The highest BCUT2D eigenvalue weighted by Crippen LogP contribution is 2.42. The maximum absolute atomic E-state index is 11.9. The van der Waals surface area contributed by atoms with Gasteiger partial charge in [0.15, 0.2) is 17.7 Å². The summed E-state index contributed by atoms with van der Waals surface area (Å²) in [6.45, 7) is 7.69. The van der Waals surface area contributed by atoms with E-state index in [2.05, 4.69) is 0 Å². The molecule has 21 heavy (non-hydrogen) atoms. The number of hydrogen-bond acceptors (Lipinski definition) is 7. The van der Waals surface area contributed by atoms with Crippen molar-refractivity contribution in [1.82, 2.24) is 0 Å². The van der Waals surface area contributed by atoms with E-state index in [0.717, 1.165) is 0 Å². The first kappa shape index (κ1) is 15.2. The third-order valence-electron chi connectivity index (χ3n) is 3.92. The minimum Gasteiger partial charge on any atom is -0.467 e. The Morgan fingerprint density at radius 1 is 1.00 bits per heavy atom. The first-order valence-corrected chi connectivity index (χ1v) is 7.13. The van der Waals surface area contributed by atoms with Gasteiger partial charge in [-0.1, -0.05) is 0 Å². The molecule has 3 aliphatic rings. The topological polar surface area (TPSA) is 72.5 Å². The molecule has 3 fully saturated rings. The molecular formula is C14H22O7. The van der Waals surface area contributed by atoms with Gasteiger partial charge in [0.05, 0.1) is 13.7 Å². The molecule has 0 spiro atoms. The number of rotatable bonds is 2.